The number of hydrogen-bond donors (Lipinski definition) is 2. The van der Waals surface area contributed by atoms with Gasteiger partial charge < -0.3 is 5.73 Å². The van der Waals surface area contributed by atoms with E-state index in [4.69, 9.17) is 17.3 Å². The molecule has 0 fully saturated rings. The Hall–Kier alpha value is -1.04. The van der Waals surface area contributed by atoms with Gasteiger partial charge >= 0.3 is 0 Å². The largest absolute Gasteiger partial charge is 0.399 e. The van der Waals surface area contributed by atoms with Gasteiger partial charge in [-0.25, -0.2) is 13.1 Å². The highest BCUT2D eigenvalue weighted by Crippen LogP contribution is 2.24. The van der Waals surface area contributed by atoms with Crippen molar-refractivity contribution in [3.05, 3.63) is 35.4 Å². The molecule has 1 aromatic carbocycles. The van der Waals surface area contributed by atoms with Gasteiger partial charge in [0.1, 0.15) is 4.90 Å². The van der Waals surface area contributed by atoms with Gasteiger partial charge in [-0.3, -0.25) is 0 Å². The summed E-state index contributed by atoms with van der Waals surface area (Å²) in [7, 11) is -3.57. The summed E-state index contributed by atoms with van der Waals surface area (Å²) in [6, 6.07) is 4.41. The second-order valence-corrected chi connectivity index (χ2v) is 6.83. The van der Waals surface area contributed by atoms with Gasteiger partial charge in [0.05, 0.1) is 5.02 Å². The van der Waals surface area contributed by atoms with Gasteiger partial charge in [-0.15, -0.1) is 0 Å². The normalized spacial score (nSPS) is 19.5. The van der Waals surface area contributed by atoms with Crippen molar-refractivity contribution in [2.45, 2.75) is 24.2 Å². The van der Waals surface area contributed by atoms with Crippen molar-refractivity contribution in [3.8, 4) is 0 Å². The molecular weight excluding hydrogens is 284 g/mol. The minimum absolute atomic E-state index is 0.0784. The van der Waals surface area contributed by atoms with Crippen molar-refractivity contribution < 1.29 is 8.42 Å². The van der Waals surface area contributed by atoms with Crippen molar-refractivity contribution in [2.24, 2.45) is 5.92 Å². The van der Waals surface area contributed by atoms with E-state index in [1.165, 1.54) is 18.2 Å². The SMILES string of the molecule is Nc1ccc(S(=O)(=O)NCC2CC=CCC2)c(Cl)c1. The van der Waals surface area contributed by atoms with Gasteiger partial charge in [0.25, 0.3) is 0 Å². The Morgan fingerprint density at radius 2 is 2.16 bits per heavy atom. The van der Waals surface area contributed by atoms with E-state index in [1.807, 2.05) is 0 Å². The van der Waals surface area contributed by atoms with Crippen LogP contribution in [0.4, 0.5) is 5.69 Å². The third kappa shape index (κ3) is 3.72. The van der Waals surface area contributed by atoms with Crippen LogP contribution in [-0.2, 0) is 10.0 Å². The monoisotopic (exact) mass is 300 g/mol. The molecule has 2 rings (SSSR count). The van der Waals surface area contributed by atoms with Crippen LogP contribution in [0, 0.1) is 5.92 Å². The third-order valence-electron chi connectivity index (χ3n) is 3.19. The molecule has 0 radical (unpaired) electrons. The van der Waals surface area contributed by atoms with E-state index >= 15 is 0 Å². The summed E-state index contributed by atoms with van der Waals surface area (Å²) in [4.78, 5) is 0.0784. The third-order valence-corrected chi connectivity index (χ3v) is 5.09. The van der Waals surface area contributed by atoms with Crippen LogP contribution in [0.1, 0.15) is 19.3 Å². The molecule has 19 heavy (non-hydrogen) atoms. The highest BCUT2D eigenvalue weighted by atomic mass is 35.5. The lowest BCUT2D eigenvalue weighted by Gasteiger charge is -2.18. The van der Waals surface area contributed by atoms with E-state index in [-0.39, 0.29) is 9.92 Å². The second-order valence-electron chi connectivity index (χ2n) is 4.69. The topological polar surface area (TPSA) is 72.2 Å². The number of sulfonamides is 1. The molecule has 1 aromatic rings. The molecule has 4 nitrogen and oxygen atoms in total. The van der Waals surface area contributed by atoms with Crippen LogP contribution in [0.15, 0.2) is 35.2 Å². The summed E-state index contributed by atoms with van der Waals surface area (Å²) in [5, 5.41) is 0.149. The Labute approximate surface area is 118 Å². The molecule has 0 bridgehead atoms. The van der Waals surface area contributed by atoms with Gasteiger partial charge in [-0.2, -0.15) is 0 Å². The van der Waals surface area contributed by atoms with Crippen LogP contribution >= 0.6 is 11.6 Å². The molecule has 0 saturated carbocycles. The van der Waals surface area contributed by atoms with Gasteiger partial charge in [0.2, 0.25) is 10.0 Å². The molecular formula is C13H17ClN2O2S. The Kier molecular flexibility index (Phi) is 4.50. The van der Waals surface area contributed by atoms with Gasteiger partial charge in [-0.1, -0.05) is 23.8 Å². The molecule has 3 N–H and O–H groups in total. The Morgan fingerprint density at radius 3 is 2.79 bits per heavy atom. The fourth-order valence-corrected chi connectivity index (χ4v) is 3.75. The first-order chi connectivity index (χ1) is 8.99. The standard InChI is InChI=1S/C13H17ClN2O2S/c14-12-8-11(15)6-7-13(12)19(17,18)16-9-10-4-2-1-3-5-10/h1-2,6-8,10,16H,3-5,9,15H2. The number of nitrogens with one attached hydrogen (secondary N) is 1. The highest BCUT2D eigenvalue weighted by molar-refractivity contribution is 7.89. The number of rotatable bonds is 4. The van der Waals surface area contributed by atoms with E-state index < -0.39 is 10.0 Å². The zero-order chi connectivity index (χ0) is 13.9. The maximum absolute atomic E-state index is 12.2. The maximum atomic E-state index is 12.2. The summed E-state index contributed by atoms with van der Waals surface area (Å²) in [6.45, 7) is 0.438. The number of nitrogen functional groups attached to an aromatic ring is 1. The molecule has 0 aromatic heterocycles. The van der Waals surface area contributed by atoms with E-state index in [0.717, 1.165) is 19.3 Å². The van der Waals surface area contributed by atoms with Crippen LogP contribution in [-0.4, -0.2) is 15.0 Å². The quantitative estimate of drug-likeness (QED) is 0.663. The number of nitrogens with two attached hydrogens (primary N) is 1. The molecule has 104 valence electrons. The van der Waals surface area contributed by atoms with Crippen LogP contribution in [0.25, 0.3) is 0 Å². The molecule has 0 aliphatic heterocycles. The van der Waals surface area contributed by atoms with Crippen molar-refractivity contribution >= 4 is 27.3 Å². The van der Waals surface area contributed by atoms with Crippen molar-refractivity contribution in [2.75, 3.05) is 12.3 Å². The van der Waals surface area contributed by atoms with Crippen molar-refractivity contribution in [1.82, 2.24) is 4.72 Å². The lowest BCUT2D eigenvalue weighted by atomic mass is 9.95. The summed E-state index contributed by atoms with van der Waals surface area (Å²) in [5.41, 5.74) is 6.00. The molecule has 1 atom stereocenters. The summed E-state index contributed by atoms with van der Waals surface area (Å²) in [5.74, 6) is 0.354. The molecule has 0 heterocycles. The molecule has 1 aliphatic rings. The molecule has 0 spiro atoms. The summed E-state index contributed by atoms with van der Waals surface area (Å²) < 4.78 is 26.9. The fraction of sp³-hybridized carbons (Fsp3) is 0.385. The first-order valence-electron chi connectivity index (χ1n) is 6.19. The van der Waals surface area contributed by atoms with Gasteiger partial charge in [0, 0.05) is 12.2 Å². The van der Waals surface area contributed by atoms with E-state index in [2.05, 4.69) is 16.9 Å². The molecule has 0 amide bonds. The lowest BCUT2D eigenvalue weighted by molar-refractivity contribution is 0.468. The van der Waals surface area contributed by atoms with Gasteiger partial charge in [-0.05, 0) is 43.4 Å². The summed E-state index contributed by atoms with van der Waals surface area (Å²) in [6.07, 6.45) is 7.15. The van der Waals surface area contributed by atoms with Crippen molar-refractivity contribution in [3.63, 3.8) is 0 Å². The zero-order valence-electron chi connectivity index (χ0n) is 10.5. The Morgan fingerprint density at radius 1 is 1.37 bits per heavy atom. The minimum Gasteiger partial charge on any atom is -0.399 e. The van der Waals surface area contributed by atoms with Crippen LogP contribution < -0.4 is 10.5 Å². The Bertz CT molecular complexity index is 584. The first-order valence-corrected chi connectivity index (χ1v) is 8.05. The van der Waals surface area contributed by atoms with Crippen LogP contribution in [0.2, 0.25) is 5.02 Å². The second kappa shape index (κ2) is 5.94. The lowest BCUT2D eigenvalue weighted by Crippen LogP contribution is -2.30. The van der Waals surface area contributed by atoms with E-state index in [1.54, 1.807) is 0 Å². The fourth-order valence-electron chi connectivity index (χ4n) is 2.08. The smallest absolute Gasteiger partial charge is 0.242 e. The number of anilines is 1. The first kappa shape index (κ1) is 14.4. The predicted octanol–water partition coefficient (Wildman–Crippen LogP) is 2.56. The molecule has 1 aliphatic carbocycles. The number of halogens is 1. The van der Waals surface area contributed by atoms with Crippen LogP contribution in [0.5, 0.6) is 0 Å². The average molecular weight is 301 g/mol. The molecule has 6 heteroatoms. The number of allylic oxidation sites excluding steroid dienone is 2. The van der Waals surface area contributed by atoms with Crippen molar-refractivity contribution in [1.29, 1.82) is 0 Å². The van der Waals surface area contributed by atoms with Gasteiger partial charge in [0.15, 0.2) is 0 Å². The predicted molar refractivity (Wildman–Crippen MR) is 77.5 cm³/mol. The molecule has 1 unspecified atom stereocenters. The zero-order valence-corrected chi connectivity index (χ0v) is 12.0. The molecule has 0 saturated heterocycles. The van der Waals surface area contributed by atoms with E-state index in [0.29, 0.717) is 18.2 Å². The number of benzene rings is 1. The number of hydrogen-bond acceptors (Lipinski definition) is 3. The summed E-state index contributed by atoms with van der Waals surface area (Å²) >= 11 is 5.93. The van der Waals surface area contributed by atoms with Crippen LogP contribution in [0.3, 0.4) is 0 Å². The average Bonchev–Trinajstić information content (AvgIpc) is 2.37. The Balaban J connectivity index is 2.07. The highest BCUT2D eigenvalue weighted by Gasteiger charge is 2.20. The minimum atomic E-state index is -3.57. The maximum Gasteiger partial charge on any atom is 0.242 e. The van der Waals surface area contributed by atoms with E-state index in [9.17, 15) is 8.42 Å².